The maximum Gasteiger partial charge on any atom is 0.0646 e. The van der Waals surface area contributed by atoms with E-state index in [4.69, 9.17) is 0 Å². The topological polar surface area (TPSA) is 3.24 Å². The van der Waals surface area contributed by atoms with E-state index in [0.29, 0.717) is 0 Å². The summed E-state index contributed by atoms with van der Waals surface area (Å²) in [6.07, 6.45) is 14.1. The molecule has 10 aliphatic carbocycles. The predicted molar refractivity (Wildman–Crippen MR) is 291 cm³/mol. The third-order valence-corrected chi connectivity index (χ3v) is 21.8. The Bertz CT molecular complexity index is 3590. The first kappa shape index (κ1) is 39.5. The minimum absolute atomic E-state index is 0.124. The molecule has 0 saturated heterocycles. The van der Waals surface area contributed by atoms with E-state index in [1.54, 1.807) is 22.3 Å². The van der Waals surface area contributed by atoms with Gasteiger partial charge in [-0.25, -0.2) is 0 Å². The van der Waals surface area contributed by atoms with Crippen molar-refractivity contribution < 1.29 is 0 Å². The molecule has 0 amide bonds. The second kappa shape index (κ2) is 14.2. The van der Waals surface area contributed by atoms with Crippen LogP contribution in [-0.2, 0) is 10.8 Å². The van der Waals surface area contributed by atoms with Crippen LogP contribution in [0.1, 0.15) is 86.5 Å². The molecule has 8 aromatic carbocycles. The molecule has 0 unspecified atom stereocenters. The van der Waals surface area contributed by atoms with Crippen LogP contribution in [0.15, 0.2) is 176 Å². The van der Waals surface area contributed by atoms with Gasteiger partial charge in [0.15, 0.2) is 0 Å². The molecular formula is C68H57NS. The van der Waals surface area contributed by atoms with Crippen LogP contribution in [0, 0.1) is 47.3 Å². The average molecular weight is 920 g/mol. The molecule has 1 aromatic heterocycles. The van der Waals surface area contributed by atoms with Crippen molar-refractivity contribution in [2.45, 2.75) is 75.0 Å². The van der Waals surface area contributed by atoms with Crippen LogP contribution in [-0.4, -0.2) is 0 Å². The molecule has 1 nitrogen and oxygen atoms in total. The summed E-state index contributed by atoms with van der Waals surface area (Å²) in [5, 5.41) is 2.70. The SMILES string of the molecule is c1ccc(-c2ccc(N(c3ccc4c(c3)-c3ccccc3C43C4CC5CC(C4)CC3C5)c3cc(-c4ccc5c(c4)C4(c6ccccc6-5)C5CC6CC(C5)CC4C6)cc4c3sc3ccccc34)cc2)cc1. The highest BCUT2D eigenvalue weighted by Gasteiger charge is 2.63. The Kier molecular flexibility index (Phi) is 8.03. The van der Waals surface area contributed by atoms with Crippen LogP contribution in [0.5, 0.6) is 0 Å². The molecular weight excluding hydrogens is 863 g/mol. The van der Waals surface area contributed by atoms with Gasteiger partial charge >= 0.3 is 0 Å². The van der Waals surface area contributed by atoms with Crippen molar-refractivity contribution in [1.82, 2.24) is 0 Å². The molecule has 1 heterocycles. The lowest BCUT2D eigenvalue weighted by Crippen LogP contribution is -2.55. The van der Waals surface area contributed by atoms with Gasteiger partial charge in [0.2, 0.25) is 0 Å². The molecule has 2 spiro atoms. The van der Waals surface area contributed by atoms with Crippen LogP contribution in [0.25, 0.3) is 64.7 Å². The molecule has 8 fully saturated rings. The number of fused-ring (bicyclic) bond motifs is 9. The second-order valence-corrected chi connectivity index (χ2v) is 24.7. The summed E-state index contributed by atoms with van der Waals surface area (Å²) in [6.45, 7) is 0. The largest absolute Gasteiger partial charge is 0.309 e. The molecule has 0 N–H and O–H groups in total. The zero-order chi connectivity index (χ0) is 45.5. The third-order valence-electron chi connectivity index (χ3n) is 20.6. The van der Waals surface area contributed by atoms with Crippen molar-refractivity contribution in [3.05, 3.63) is 198 Å². The van der Waals surface area contributed by atoms with Gasteiger partial charge in [-0.1, -0.05) is 127 Å². The Morgan fingerprint density at radius 3 is 1.53 bits per heavy atom. The summed E-state index contributed by atoms with van der Waals surface area (Å²) in [7, 11) is 0. The van der Waals surface area contributed by atoms with Gasteiger partial charge in [-0.05, 0) is 227 Å². The molecule has 19 rings (SSSR count). The molecule has 10 aliphatic rings. The van der Waals surface area contributed by atoms with Crippen molar-refractivity contribution >= 4 is 48.6 Å². The first-order valence-electron chi connectivity index (χ1n) is 27.0. The number of rotatable bonds is 5. The monoisotopic (exact) mass is 919 g/mol. The van der Waals surface area contributed by atoms with E-state index in [-0.39, 0.29) is 10.8 Å². The molecule has 0 aliphatic heterocycles. The maximum atomic E-state index is 2.70. The zero-order valence-corrected chi connectivity index (χ0v) is 40.6. The second-order valence-electron chi connectivity index (χ2n) is 23.6. The summed E-state index contributed by atoms with van der Waals surface area (Å²) in [4.78, 5) is 2.64. The first-order valence-corrected chi connectivity index (χ1v) is 27.8. The molecule has 9 aromatic rings. The van der Waals surface area contributed by atoms with Crippen LogP contribution in [0.4, 0.5) is 17.1 Å². The molecule has 0 atom stereocenters. The van der Waals surface area contributed by atoms with E-state index in [1.165, 1.54) is 146 Å². The third kappa shape index (κ3) is 5.14. The minimum Gasteiger partial charge on any atom is -0.309 e. The van der Waals surface area contributed by atoms with Crippen molar-refractivity contribution in [3.63, 3.8) is 0 Å². The highest BCUT2D eigenvalue weighted by molar-refractivity contribution is 7.26. The Morgan fingerprint density at radius 2 is 0.857 bits per heavy atom. The van der Waals surface area contributed by atoms with Crippen molar-refractivity contribution in [2.24, 2.45) is 47.3 Å². The molecule has 8 saturated carbocycles. The summed E-state index contributed by atoms with van der Waals surface area (Å²) in [5.74, 6) is 6.64. The van der Waals surface area contributed by atoms with E-state index >= 15 is 0 Å². The van der Waals surface area contributed by atoms with Gasteiger partial charge in [-0.2, -0.15) is 0 Å². The fourth-order valence-corrected chi connectivity index (χ4v) is 19.8. The Balaban J connectivity index is 0.888. The van der Waals surface area contributed by atoms with Crippen molar-refractivity contribution in [2.75, 3.05) is 4.90 Å². The summed E-state index contributed by atoms with van der Waals surface area (Å²) < 4.78 is 2.69. The van der Waals surface area contributed by atoms with Crippen LogP contribution in [0.2, 0.25) is 0 Å². The molecule has 70 heavy (non-hydrogen) atoms. The van der Waals surface area contributed by atoms with Gasteiger partial charge in [0.25, 0.3) is 0 Å². The van der Waals surface area contributed by atoms with E-state index in [9.17, 15) is 0 Å². The highest BCUT2D eigenvalue weighted by atomic mass is 32.1. The van der Waals surface area contributed by atoms with Gasteiger partial charge in [-0.15, -0.1) is 11.3 Å². The Morgan fingerprint density at radius 1 is 0.343 bits per heavy atom. The van der Waals surface area contributed by atoms with Crippen molar-refractivity contribution in [3.8, 4) is 44.5 Å². The van der Waals surface area contributed by atoms with Crippen LogP contribution in [0.3, 0.4) is 0 Å². The molecule has 8 bridgehead atoms. The zero-order valence-electron chi connectivity index (χ0n) is 39.8. The number of hydrogen-bond donors (Lipinski definition) is 0. The van der Waals surface area contributed by atoms with E-state index < -0.39 is 0 Å². The lowest BCUT2D eigenvalue weighted by atomic mass is 9.43. The fraction of sp³-hybridized carbons (Fsp3) is 0.294. The predicted octanol–water partition coefficient (Wildman–Crippen LogP) is 18.3. The van der Waals surface area contributed by atoms with Crippen LogP contribution < -0.4 is 4.90 Å². The Hall–Kier alpha value is -6.22. The quantitative estimate of drug-likeness (QED) is 0.166. The highest BCUT2D eigenvalue weighted by Crippen LogP contribution is 2.71. The molecule has 2 heteroatoms. The van der Waals surface area contributed by atoms with Gasteiger partial charge in [-0.3, -0.25) is 0 Å². The summed E-state index contributed by atoms with van der Waals surface area (Å²) in [6, 6.07) is 69.3. The Labute approximate surface area is 416 Å². The lowest BCUT2D eigenvalue weighted by Gasteiger charge is -2.61. The van der Waals surface area contributed by atoms with Crippen LogP contribution >= 0.6 is 11.3 Å². The number of thiophene rings is 1. The number of hydrogen-bond acceptors (Lipinski definition) is 2. The van der Waals surface area contributed by atoms with Crippen molar-refractivity contribution in [1.29, 1.82) is 0 Å². The fourth-order valence-electron chi connectivity index (χ4n) is 18.6. The van der Waals surface area contributed by atoms with E-state index in [0.717, 1.165) is 47.3 Å². The number of nitrogens with zero attached hydrogens (tertiary/aromatic N) is 1. The molecule has 340 valence electrons. The first-order chi connectivity index (χ1) is 34.6. The van der Waals surface area contributed by atoms with E-state index in [2.05, 4.69) is 181 Å². The van der Waals surface area contributed by atoms with Gasteiger partial charge in [0, 0.05) is 37.7 Å². The van der Waals surface area contributed by atoms with Gasteiger partial charge in [0.05, 0.1) is 10.4 Å². The smallest absolute Gasteiger partial charge is 0.0646 e. The number of benzene rings is 8. The summed E-state index contributed by atoms with van der Waals surface area (Å²) in [5.41, 5.74) is 21.6. The lowest BCUT2D eigenvalue weighted by molar-refractivity contribution is -0.0399. The average Bonchev–Trinajstić information content (AvgIpc) is 4.03. The van der Waals surface area contributed by atoms with Gasteiger partial charge < -0.3 is 4.90 Å². The van der Waals surface area contributed by atoms with E-state index in [1.807, 2.05) is 11.3 Å². The number of anilines is 3. The minimum atomic E-state index is 0.124. The normalized spacial score (nSPS) is 29.8. The maximum absolute atomic E-state index is 2.70. The standard InChI is InChI=1S/C68H57NS/c1-2-10-44(11-3-1)45-18-21-52(22-19-45)69(53-23-25-62-58(39-53)55-13-5-8-16-61(55)67(62)48-28-40-26-41(30-48)31-49(67)29-40)64-38-47(36-59-57-14-6-9-17-65(57)70-66(59)64)46-20-24-56-54-12-4-7-15-60(54)68(63(56)37-46)50-32-42-27-43(34-50)35-51(68)33-42/h1-25,36-43,48-51H,26-35H2. The van der Waals surface area contributed by atoms with Gasteiger partial charge in [0.1, 0.15) is 0 Å². The molecule has 0 radical (unpaired) electrons. The summed E-state index contributed by atoms with van der Waals surface area (Å²) >= 11 is 1.96.